The number of carbonyl (C=O) groups excluding carboxylic acids is 1. The summed E-state index contributed by atoms with van der Waals surface area (Å²) in [5.74, 6) is 0.0145. The highest BCUT2D eigenvalue weighted by Gasteiger charge is 2.49. The molecule has 1 unspecified atom stereocenters. The molecule has 3 fully saturated rings. The van der Waals surface area contributed by atoms with Crippen LogP contribution in [0.3, 0.4) is 0 Å². The van der Waals surface area contributed by atoms with E-state index in [1.54, 1.807) is 12.1 Å². The lowest BCUT2D eigenvalue weighted by Crippen LogP contribution is -2.43. The molecule has 10 heteroatoms. The normalized spacial score (nSPS) is 25.3. The van der Waals surface area contributed by atoms with Gasteiger partial charge >= 0.3 is 6.01 Å². The van der Waals surface area contributed by atoms with Gasteiger partial charge in [-0.1, -0.05) is 30.3 Å². The number of hydrogen-bond acceptors (Lipinski definition) is 6. The van der Waals surface area contributed by atoms with Gasteiger partial charge in [0.05, 0.1) is 5.54 Å². The Kier molecular flexibility index (Phi) is 7.94. The smallest absolute Gasteiger partial charge is 0.319 e. The van der Waals surface area contributed by atoms with Gasteiger partial charge in [0.2, 0.25) is 5.91 Å². The Morgan fingerprint density at radius 3 is 2.79 bits per heavy atom. The third kappa shape index (κ3) is 5.58. The Bertz CT molecular complexity index is 1850. The van der Waals surface area contributed by atoms with Crippen LogP contribution in [0.1, 0.15) is 56.9 Å². The van der Waals surface area contributed by atoms with E-state index >= 15 is 8.78 Å². The molecule has 1 N–H and O–H groups in total. The van der Waals surface area contributed by atoms with Crippen molar-refractivity contribution in [3.05, 3.63) is 59.7 Å². The van der Waals surface area contributed by atoms with Gasteiger partial charge in [0.25, 0.3) is 0 Å². The van der Waals surface area contributed by atoms with Crippen LogP contribution in [0.25, 0.3) is 32.8 Å². The molecule has 5 aliphatic heterocycles. The second-order valence-corrected chi connectivity index (χ2v) is 13.9. The third-order valence-corrected chi connectivity index (χ3v) is 10.9. The second kappa shape index (κ2) is 12.3. The van der Waals surface area contributed by atoms with E-state index in [1.807, 2.05) is 24.3 Å². The molecule has 7 nitrogen and oxygen atoms in total. The number of aryl methyl sites for hydroxylation is 1. The lowest BCUT2D eigenvalue weighted by Gasteiger charge is -2.34. The van der Waals surface area contributed by atoms with Gasteiger partial charge in [-0.15, -0.1) is 0 Å². The van der Waals surface area contributed by atoms with Crippen LogP contribution in [0.4, 0.5) is 19.0 Å². The van der Waals surface area contributed by atoms with E-state index < -0.39 is 17.5 Å². The Morgan fingerprint density at radius 2 is 1.87 bits per heavy atom. The summed E-state index contributed by atoms with van der Waals surface area (Å²) in [6.07, 6.45) is 5.27. The van der Waals surface area contributed by atoms with Gasteiger partial charge < -0.3 is 15.0 Å². The molecular weight excluding hydrogens is 603 g/mol. The minimum Gasteiger partial charge on any atom is -0.461 e. The summed E-state index contributed by atoms with van der Waals surface area (Å²) in [6, 6.07) is 12.4. The third-order valence-electron chi connectivity index (χ3n) is 10.9. The number of rotatable bonds is 3. The molecule has 3 atom stereocenters. The number of aromatic nitrogens is 2. The largest absolute Gasteiger partial charge is 0.461 e. The highest BCUT2D eigenvalue weighted by atomic mass is 19.1. The Hall–Kier alpha value is -3.92. The number of nitrogens with zero attached hydrogens (tertiary/aromatic N) is 4. The molecule has 246 valence electrons. The summed E-state index contributed by atoms with van der Waals surface area (Å²) in [5.41, 5.74) is 1.12. The zero-order chi connectivity index (χ0) is 32.1. The first-order chi connectivity index (χ1) is 22.9. The highest BCUT2D eigenvalue weighted by Crippen LogP contribution is 2.42. The van der Waals surface area contributed by atoms with E-state index in [0.717, 1.165) is 57.1 Å². The lowest BCUT2D eigenvalue weighted by molar-refractivity contribution is -0.121. The van der Waals surface area contributed by atoms with Crippen molar-refractivity contribution in [3.63, 3.8) is 0 Å². The number of piperidine rings is 1. The van der Waals surface area contributed by atoms with Crippen molar-refractivity contribution in [2.24, 2.45) is 5.92 Å². The van der Waals surface area contributed by atoms with Crippen molar-refractivity contribution in [1.29, 1.82) is 0 Å². The van der Waals surface area contributed by atoms with Crippen molar-refractivity contribution >= 4 is 33.4 Å². The van der Waals surface area contributed by atoms with Gasteiger partial charge in [-0.2, -0.15) is 9.97 Å². The number of fused-ring (bicyclic) bond motifs is 8. The monoisotopic (exact) mass is 643 g/mol. The Balaban J connectivity index is 1.27. The van der Waals surface area contributed by atoms with Crippen molar-refractivity contribution < 1.29 is 22.7 Å². The minimum atomic E-state index is -0.891. The molecule has 0 spiro atoms. The number of hydrogen-bond donors (Lipinski definition) is 1. The van der Waals surface area contributed by atoms with Crippen LogP contribution < -0.4 is 15.0 Å². The Morgan fingerprint density at radius 1 is 0.957 bits per heavy atom. The van der Waals surface area contributed by atoms with E-state index in [1.165, 1.54) is 6.07 Å². The standard InChI is InChI=1S/C37H40F3N5O2/c38-25-19-37(15-4-18-45(37)21-25)22-47-36-42-34-29-12-11-27(33(34)40)26-7-1-6-24-10-13-30(39)28(32(24)26)8-2-9-31(46)41-16-14-23-5-3-17-44(20-23)35(29)43-36/h1,6-7,10-13,23,25H,2-5,8-9,14-22H2,(H,41,46)/t23?,25-,37+/m1/s1. The van der Waals surface area contributed by atoms with Crippen LogP contribution in [-0.4, -0.2) is 71.8 Å². The van der Waals surface area contributed by atoms with Gasteiger partial charge in [-0.3, -0.25) is 9.69 Å². The topological polar surface area (TPSA) is 70.6 Å². The number of nitrogens with one attached hydrogen (secondary N) is 1. The van der Waals surface area contributed by atoms with E-state index in [2.05, 4.69) is 20.1 Å². The molecule has 9 rings (SSSR count). The fourth-order valence-electron chi connectivity index (χ4n) is 8.61. The maximum atomic E-state index is 17.0. The summed E-state index contributed by atoms with van der Waals surface area (Å²) in [4.78, 5) is 26.7. The highest BCUT2D eigenvalue weighted by molar-refractivity contribution is 6.02. The lowest BCUT2D eigenvalue weighted by atomic mass is 9.91. The number of benzene rings is 3. The molecule has 47 heavy (non-hydrogen) atoms. The quantitative estimate of drug-likeness (QED) is 0.267. The molecule has 1 aromatic heterocycles. The van der Waals surface area contributed by atoms with Crippen molar-refractivity contribution in [3.8, 4) is 17.1 Å². The average Bonchev–Trinajstić information content (AvgIpc) is 3.60. The predicted octanol–water partition coefficient (Wildman–Crippen LogP) is 6.74. The molecule has 0 aliphatic carbocycles. The van der Waals surface area contributed by atoms with Crippen LogP contribution in [0.2, 0.25) is 0 Å². The minimum absolute atomic E-state index is 0.0403. The van der Waals surface area contributed by atoms with Crippen LogP contribution in [0.15, 0.2) is 42.5 Å². The number of anilines is 1. The van der Waals surface area contributed by atoms with Crippen LogP contribution >= 0.6 is 0 Å². The number of alkyl halides is 1. The first-order valence-corrected chi connectivity index (χ1v) is 17.1. The van der Waals surface area contributed by atoms with E-state index in [9.17, 15) is 9.18 Å². The summed E-state index contributed by atoms with van der Waals surface area (Å²) in [6.45, 7) is 3.54. The maximum Gasteiger partial charge on any atom is 0.319 e. The van der Waals surface area contributed by atoms with E-state index in [4.69, 9.17) is 9.72 Å². The fourth-order valence-corrected chi connectivity index (χ4v) is 8.61. The summed E-state index contributed by atoms with van der Waals surface area (Å²) >= 11 is 0. The van der Waals surface area contributed by atoms with Crippen molar-refractivity contribution in [1.82, 2.24) is 20.2 Å². The number of carbonyl (C=O) groups is 1. The number of amides is 1. The van der Waals surface area contributed by atoms with Crippen LogP contribution in [0.5, 0.6) is 6.01 Å². The molecule has 3 saturated heterocycles. The van der Waals surface area contributed by atoms with Gasteiger partial charge in [0.15, 0.2) is 5.82 Å². The van der Waals surface area contributed by atoms with Gasteiger partial charge in [0, 0.05) is 50.0 Å². The molecule has 4 aromatic rings. The SMILES string of the molecule is O=C1CCCc2c(F)ccc3cccc(c23)-c2ccc3c(nc(OC[C@@]45CCCN4C[C@H](F)C5)nc3c2F)N2CCCC(CCN1)C2. The molecule has 3 aromatic carbocycles. The Labute approximate surface area is 272 Å². The summed E-state index contributed by atoms with van der Waals surface area (Å²) in [7, 11) is 0. The van der Waals surface area contributed by atoms with Crippen LogP contribution in [0, 0.1) is 17.6 Å². The second-order valence-electron chi connectivity index (χ2n) is 13.9. The van der Waals surface area contributed by atoms with Crippen LogP contribution in [-0.2, 0) is 11.2 Å². The first kappa shape index (κ1) is 30.4. The van der Waals surface area contributed by atoms with E-state index in [0.29, 0.717) is 78.0 Å². The maximum absolute atomic E-state index is 17.0. The fraction of sp³-hybridized carbons (Fsp3) is 0.486. The molecule has 5 aliphatic rings. The molecule has 6 bridgehead atoms. The van der Waals surface area contributed by atoms with Gasteiger partial charge in [0.1, 0.15) is 29.9 Å². The van der Waals surface area contributed by atoms with E-state index in [-0.39, 0.29) is 29.9 Å². The zero-order valence-corrected chi connectivity index (χ0v) is 26.5. The average molecular weight is 644 g/mol. The van der Waals surface area contributed by atoms with Crippen molar-refractivity contribution in [2.75, 3.05) is 44.2 Å². The number of halogens is 3. The molecular formula is C37H40F3N5O2. The summed E-state index contributed by atoms with van der Waals surface area (Å²) in [5, 5.41) is 5.09. The molecule has 0 radical (unpaired) electrons. The molecule has 6 heterocycles. The van der Waals surface area contributed by atoms with Gasteiger partial charge in [-0.25, -0.2) is 13.2 Å². The zero-order valence-electron chi connectivity index (χ0n) is 26.5. The van der Waals surface area contributed by atoms with Crippen molar-refractivity contribution in [2.45, 2.75) is 69.5 Å². The summed E-state index contributed by atoms with van der Waals surface area (Å²) < 4.78 is 53.3. The molecule has 0 saturated carbocycles. The first-order valence-electron chi connectivity index (χ1n) is 17.1. The van der Waals surface area contributed by atoms with Gasteiger partial charge in [-0.05, 0) is 91.4 Å². The predicted molar refractivity (Wildman–Crippen MR) is 176 cm³/mol. The number of ether oxygens (including phenoxy) is 1. The molecule has 1 amide bonds.